The molecule has 0 bridgehead atoms. The third-order valence-corrected chi connectivity index (χ3v) is 3.78. The van der Waals surface area contributed by atoms with Gasteiger partial charge in [0.2, 0.25) is 0 Å². The number of hydrogen-bond donors (Lipinski definition) is 2. The highest BCUT2D eigenvalue weighted by molar-refractivity contribution is 5.96. The number of nitrogens with one attached hydrogen (secondary N) is 1. The maximum absolute atomic E-state index is 12.1. The maximum Gasteiger partial charge on any atom is 0.255 e. The van der Waals surface area contributed by atoms with Crippen molar-refractivity contribution in [1.82, 2.24) is 10.2 Å². The van der Waals surface area contributed by atoms with Crippen LogP contribution in [0.3, 0.4) is 0 Å². The van der Waals surface area contributed by atoms with E-state index in [1.54, 1.807) is 18.2 Å². The van der Waals surface area contributed by atoms with E-state index in [0.29, 0.717) is 12.1 Å². The van der Waals surface area contributed by atoms with Crippen molar-refractivity contribution in [2.45, 2.75) is 39.0 Å². The summed E-state index contributed by atoms with van der Waals surface area (Å²) in [6.07, 6.45) is 0.426. The van der Waals surface area contributed by atoms with Crippen molar-refractivity contribution in [3.63, 3.8) is 0 Å². The van der Waals surface area contributed by atoms with E-state index in [0.717, 1.165) is 13.1 Å². The number of nitrogens with zero attached hydrogens (tertiary/aromatic N) is 1. The van der Waals surface area contributed by atoms with Gasteiger partial charge in [-0.25, -0.2) is 0 Å². The highest BCUT2D eigenvalue weighted by atomic mass is 16.5. The third kappa shape index (κ3) is 4.19. The molecule has 0 spiro atoms. The van der Waals surface area contributed by atoms with Crippen LogP contribution in [0.1, 0.15) is 31.1 Å². The third-order valence-electron chi connectivity index (χ3n) is 3.78. The lowest BCUT2D eigenvalue weighted by molar-refractivity contribution is -0.0778. The number of benzene rings is 1. The van der Waals surface area contributed by atoms with E-state index in [1.807, 2.05) is 0 Å². The highest BCUT2D eigenvalue weighted by Gasteiger charge is 2.26. The van der Waals surface area contributed by atoms with Gasteiger partial charge in [-0.3, -0.25) is 9.69 Å². The molecule has 5 nitrogen and oxygen atoms in total. The summed E-state index contributed by atoms with van der Waals surface area (Å²) >= 11 is 0. The number of para-hydroxylation sites is 1. The Kier molecular flexibility index (Phi) is 5.20. The molecule has 21 heavy (non-hydrogen) atoms. The Morgan fingerprint density at radius 3 is 2.62 bits per heavy atom. The number of carbonyl (C=O) groups is 1. The van der Waals surface area contributed by atoms with Gasteiger partial charge < -0.3 is 15.2 Å². The molecule has 1 aromatic rings. The summed E-state index contributed by atoms with van der Waals surface area (Å²) in [6.45, 7) is 8.52. The predicted molar refractivity (Wildman–Crippen MR) is 81.5 cm³/mol. The fourth-order valence-corrected chi connectivity index (χ4v) is 2.71. The maximum atomic E-state index is 12.1. The first-order valence-corrected chi connectivity index (χ1v) is 7.43. The second-order valence-corrected chi connectivity index (χ2v) is 5.79. The van der Waals surface area contributed by atoms with Crippen molar-refractivity contribution in [3.05, 3.63) is 29.8 Å². The van der Waals surface area contributed by atoms with Crippen molar-refractivity contribution >= 4 is 5.91 Å². The summed E-state index contributed by atoms with van der Waals surface area (Å²) in [5.41, 5.74) is 0.313. The van der Waals surface area contributed by atoms with Gasteiger partial charge in [0, 0.05) is 25.7 Å². The van der Waals surface area contributed by atoms with Gasteiger partial charge in [0.1, 0.15) is 5.75 Å². The quantitative estimate of drug-likeness (QED) is 0.885. The first-order chi connectivity index (χ1) is 9.97. The average Bonchev–Trinajstić information content (AvgIpc) is 2.43. The fourth-order valence-electron chi connectivity index (χ4n) is 2.71. The average molecular weight is 292 g/mol. The fraction of sp³-hybridized carbons (Fsp3) is 0.562. The number of ether oxygens (including phenoxy) is 1. The van der Waals surface area contributed by atoms with Crippen LogP contribution in [0.4, 0.5) is 0 Å². The van der Waals surface area contributed by atoms with Gasteiger partial charge in [0.05, 0.1) is 17.8 Å². The summed E-state index contributed by atoms with van der Waals surface area (Å²) < 4.78 is 5.72. The largest absolute Gasteiger partial charge is 0.507 e. The second kappa shape index (κ2) is 6.91. The smallest absolute Gasteiger partial charge is 0.255 e. The first-order valence-electron chi connectivity index (χ1n) is 7.43. The van der Waals surface area contributed by atoms with Crippen LogP contribution in [-0.4, -0.2) is 53.8 Å². The van der Waals surface area contributed by atoms with Crippen LogP contribution in [0.15, 0.2) is 24.3 Å². The Morgan fingerprint density at radius 2 is 2.00 bits per heavy atom. The number of hydrogen-bond acceptors (Lipinski definition) is 4. The molecule has 1 amide bonds. The molecule has 0 radical (unpaired) electrons. The summed E-state index contributed by atoms with van der Waals surface area (Å²) in [4.78, 5) is 14.4. The molecule has 1 aliphatic heterocycles. The van der Waals surface area contributed by atoms with Crippen LogP contribution in [-0.2, 0) is 4.74 Å². The van der Waals surface area contributed by atoms with E-state index < -0.39 is 0 Å². The van der Waals surface area contributed by atoms with Gasteiger partial charge >= 0.3 is 0 Å². The van der Waals surface area contributed by atoms with E-state index >= 15 is 0 Å². The lowest BCUT2D eigenvalue weighted by atomic mass is 10.1. The number of phenols is 1. The highest BCUT2D eigenvalue weighted by Crippen LogP contribution is 2.16. The number of aromatic hydroxyl groups is 1. The zero-order chi connectivity index (χ0) is 15.4. The molecular formula is C16H24N2O3. The Hall–Kier alpha value is -1.59. The molecular weight excluding hydrogens is 268 g/mol. The molecule has 0 aliphatic carbocycles. The van der Waals surface area contributed by atoms with Crippen molar-refractivity contribution in [1.29, 1.82) is 0 Å². The van der Waals surface area contributed by atoms with Gasteiger partial charge in [-0.1, -0.05) is 12.1 Å². The van der Waals surface area contributed by atoms with Crippen molar-refractivity contribution < 1.29 is 14.6 Å². The molecule has 1 fully saturated rings. The summed E-state index contributed by atoms with van der Waals surface area (Å²) in [5, 5.41) is 12.6. The van der Waals surface area contributed by atoms with E-state index in [4.69, 9.17) is 4.74 Å². The minimum atomic E-state index is -0.241. The lowest BCUT2D eigenvalue weighted by Gasteiger charge is -2.39. The zero-order valence-corrected chi connectivity index (χ0v) is 12.9. The van der Waals surface area contributed by atoms with Gasteiger partial charge in [-0.05, 0) is 32.9 Å². The molecule has 0 saturated carbocycles. The van der Waals surface area contributed by atoms with Gasteiger partial charge in [-0.2, -0.15) is 0 Å². The van der Waals surface area contributed by atoms with Gasteiger partial charge in [-0.15, -0.1) is 0 Å². The molecule has 5 heteroatoms. The number of morpholine rings is 1. The molecule has 0 aromatic heterocycles. The molecule has 116 valence electrons. The summed E-state index contributed by atoms with van der Waals surface area (Å²) in [5.74, 6) is -0.231. The van der Waals surface area contributed by atoms with E-state index in [9.17, 15) is 9.90 Å². The molecule has 1 aliphatic rings. The number of carbonyl (C=O) groups excluding carboxylic acids is 1. The molecule has 2 rings (SSSR count). The zero-order valence-electron chi connectivity index (χ0n) is 12.9. The standard InChI is InChI=1S/C16H24N2O3/c1-11(18-9-12(2)21-13(3)10-18)8-17-16(20)14-6-4-5-7-15(14)19/h4-7,11-13,19H,8-10H2,1-3H3,(H,17,20)/t11-,12+,13+/m0/s1. The topological polar surface area (TPSA) is 61.8 Å². The molecule has 2 N–H and O–H groups in total. The Morgan fingerprint density at radius 1 is 1.38 bits per heavy atom. The molecule has 1 aromatic carbocycles. The molecule has 1 heterocycles. The minimum Gasteiger partial charge on any atom is -0.507 e. The van der Waals surface area contributed by atoms with Crippen molar-refractivity contribution in [3.8, 4) is 5.75 Å². The molecule has 0 unspecified atom stereocenters. The van der Waals surface area contributed by atoms with E-state index in [1.165, 1.54) is 6.07 Å². The Balaban J connectivity index is 1.87. The Labute approximate surface area is 125 Å². The summed E-state index contributed by atoms with van der Waals surface area (Å²) in [6, 6.07) is 6.81. The van der Waals surface area contributed by atoms with Crippen LogP contribution in [0.5, 0.6) is 5.75 Å². The molecule has 3 atom stereocenters. The van der Waals surface area contributed by atoms with Crippen LogP contribution in [0.25, 0.3) is 0 Å². The minimum absolute atomic E-state index is 0.0104. The van der Waals surface area contributed by atoms with Gasteiger partial charge in [0.25, 0.3) is 5.91 Å². The van der Waals surface area contributed by atoms with Crippen molar-refractivity contribution in [2.75, 3.05) is 19.6 Å². The SMILES string of the molecule is C[C@@H]1CN([C@@H](C)CNC(=O)c2ccccc2O)C[C@@H](C)O1. The molecule has 1 saturated heterocycles. The Bertz CT molecular complexity index is 482. The van der Waals surface area contributed by atoms with Crippen LogP contribution in [0, 0.1) is 0 Å². The number of amides is 1. The van der Waals surface area contributed by atoms with Crippen LogP contribution < -0.4 is 5.32 Å². The second-order valence-electron chi connectivity index (χ2n) is 5.79. The van der Waals surface area contributed by atoms with E-state index in [2.05, 4.69) is 31.0 Å². The predicted octanol–water partition coefficient (Wildman–Crippen LogP) is 1.62. The van der Waals surface area contributed by atoms with Crippen LogP contribution >= 0.6 is 0 Å². The monoisotopic (exact) mass is 292 g/mol. The van der Waals surface area contributed by atoms with Crippen LogP contribution in [0.2, 0.25) is 0 Å². The van der Waals surface area contributed by atoms with Gasteiger partial charge in [0.15, 0.2) is 0 Å². The summed E-state index contributed by atoms with van der Waals surface area (Å²) in [7, 11) is 0. The number of phenolic OH excluding ortho intramolecular Hbond substituents is 1. The number of rotatable bonds is 4. The lowest BCUT2D eigenvalue weighted by Crippen LogP contribution is -2.52. The normalized spacial score (nSPS) is 24.5. The first kappa shape index (κ1) is 15.8. The van der Waals surface area contributed by atoms with Crippen molar-refractivity contribution in [2.24, 2.45) is 0 Å². The van der Waals surface area contributed by atoms with E-state index in [-0.39, 0.29) is 29.9 Å².